The summed E-state index contributed by atoms with van der Waals surface area (Å²) >= 11 is 0. The molecule has 0 amide bonds. The maximum absolute atomic E-state index is 5.92. The number of anilines is 1. The van der Waals surface area contributed by atoms with Gasteiger partial charge in [-0.05, 0) is 12.1 Å². The van der Waals surface area contributed by atoms with E-state index in [2.05, 4.69) is 0 Å². The smallest absolute Gasteiger partial charge is 0.126 e. The number of nitrogens with two attached hydrogens (primary N) is 1. The fourth-order valence-corrected chi connectivity index (χ4v) is 1.61. The van der Waals surface area contributed by atoms with Crippen molar-refractivity contribution in [1.82, 2.24) is 0 Å². The molecule has 0 aliphatic rings. The monoisotopic (exact) mass is 199 g/mol. The van der Waals surface area contributed by atoms with Gasteiger partial charge in [0.25, 0.3) is 0 Å². The second-order valence-electron chi connectivity index (χ2n) is 3.29. The molecule has 0 aliphatic carbocycles. The zero-order valence-corrected chi connectivity index (χ0v) is 8.60. The molecule has 15 heavy (non-hydrogen) atoms. The predicted octanol–water partition coefficient (Wildman–Crippen LogP) is 2.94. The fourth-order valence-electron chi connectivity index (χ4n) is 1.61. The standard InChI is InChI=1S/C13H13NO/c1-15-13-9-5-3-7-11(13)10-6-2-4-8-12(10)14/h2-9H,14H2,1H3. The zero-order chi connectivity index (χ0) is 10.7. The van der Waals surface area contributed by atoms with Gasteiger partial charge < -0.3 is 10.5 Å². The Hall–Kier alpha value is -1.96. The second kappa shape index (κ2) is 4.05. The van der Waals surface area contributed by atoms with E-state index in [1.807, 2.05) is 48.5 Å². The van der Waals surface area contributed by atoms with E-state index >= 15 is 0 Å². The number of rotatable bonds is 2. The van der Waals surface area contributed by atoms with E-state index in [1.165, 1.54) is 0 Å². The quantitative estimate of drug-likeness (QED) is 0.755. The Morgan fingerprint density at radius 1 is 0.867 bits per heavy atom. The van der Waals surface area contributed by atoms with Crippen LogP contribution < -0.4 is 10.5 Å². The Labute approximate surface area is 89.3 Å². The second-order valence-corrected chi connectivity index (χ2v) is 3.29. The van der Waals surface area contributed by atoms with Gasteiger partial charge in [-0.1, -0.05) is 36.4 Å². The Balaban J connectivity index is 2.59. The van der Waals surface area contributed by atoms with Crippen LogP contribution in [0.5, 0.6) is 5.75 Å². The van der Waals surface area contributed by atoms with E-state index in [0.717, 1.165) is 22.6 Å². The third-order valence-corrected chi connectivity index (χ3v) is 2.36. The molecule has 2 N–H and O–H groups in total. The molecule has 76 valence electrons. The molecule has 0 saturated heterocycles. The van der Waals surface area contributed by atoms with Crippen LogP contribution in [0.15, 0.2) is 48.5 Å². The van der Waals surface area contributed by atoms with Crippen molar-refractivity contribution in [3.63, 3.8) is 0 Å². The first kappa shape index (κ1) is 9.59. The Kier molecular flexibility index (Phi) is 2.59. The minimum Gasteiger partial charge on any atom is -0.496 e. The molecule has 0 fully saturated rings. The topological polar surface area (TPSA) is 35.2 Å². The van der Waals surface area contributed by atoms with Crippen molar-refractivity contribution in [2.24, 2.45) is 0 Å². The molecule has 0 saturated carbocycles. The summed E-state index contributed by atoms with van der Waals surface area (Å²) in [6.07, 6.45) is 0. The van der Waals surface area contributed by atoms with Crippen LogP contribution in [0.25, 0.3) is 11.1 Å². The summed E-state index contributed by atoms with van der Waals surface area (Å²) in [4.78, 5) is 0. The van der Waals surface area contributed by atoms with Gasteiger partial charge in [-0.15, -0.1) is 0 Å². The van der Waals surface area contributed by atoms with Gasteiger partial charge in [0.15, 0.2) is 0 Å². The summed E-state index contributed by atoms with van der Waals surface area (Å²) in [6.45, 7) is 0. The van der Waals surface area contributed by atoms with Gasteiger partial charge >= 0.3 is 0 Å². The van der Waals surface area contributed by atoms with Crippen molar-refractivity contribution in [3.8, 4) is 16.9 Å². The number of hydrogen-bond donors (Lipinski definition) is 1. The molecule has 2 heteroatoms. The van der Waals surface area contributed by atoms with Crippen LogP contribution in [0.4, 0.5) is 5.69 Å². The summed E-state index contributed by atoms with van der Waals surface area (Å²) < 4.78 is 5.30. The molecule has 2 nitrogen and oxygen atoms in total. The summed E-state index contributed by atoms with van der Waals surface area (Å²) in [5.41, 5.74) is 8.72. The summed E-state index contributed by atoms with van der Waals surface area (Å²) in [7, 11) is 1.66. The average Bonchev–Trinajstić information content (AvgIpc) is 2.30. The minimum absolute atomic E-state index is 0.766. The predicted molar refractivity (Wildman–Crippen MR) is 62.8 cm³/mol. The molecule has 0 heterocycles. The number of nitrogen functional groups attached to an aromatic ring is 1. The van der Waals surface area contributed by atoms with Crippen molar-refractivity contribution >= 4 is 5.69 Å². The SMILES string of the molecule is COc1ccccc1-c1ccccc1N. The van der Waals surface area contributed by atoms with Crippen molar-refractivity contribution < 1.29 is 4.74 Å². The van der Waals surface area contributed by atoms with Crippen molar-refractivity contribution in [1.29, 1.82) is 0 Å². The van der Waals surface area contributed by atoms with Crippen LogP contribution in [0.1, 0.15) is 0 Å². The number of hydrogen-bond acceptors (Lipinski definition) is 2. The lowest BCUT2D eigenvalue weighted by atomic mass is 10.0. The molecular formula is C13H13NO. The summed E-state index contributed by atoms with van der Waals surface area (Å²) in [6, 6.07) is 15.6. The molecule has 0 radical (unpaired) electrons. The molecule has 2 aromatic carbocycles. The van der Waals surface area contributed by atoms with Gasteiger partial charge in [0, 0.05) is 16.8 Å². The van der Waals surface area contributed by atoms with Gasteiger partial charge in [-0.25, -0.2) is 0 Å². The zero-order valence-electron chi connectivity index (χ0n) is 8.60. The van der Waals surface area contributed by atoms with Crippen LogP contribution in [-0.2, 0) is 0 Å². The third kappa shape index (κ3) is 1.79. The summed E-state index contributed by atoms with van der Waals surface area (Å²) in [5.74, 6) is 0.843. The van der Waals surface area contributed by atoms with Crippen molar-refractivity contribution in [3.05, 3.63) is 48.5 Å². The molecule has 2 aromatic rings. The van der Waals surface area contributed by atoms with Gasteiger partial charge in [0.1, 0.15) is 5.75 Å². The molecule has 0 atom stereocenters. The number of ether oxygens (including phenoxy) is 1. The highest BCUT2D eigenvalue weighted by Gasteiger charge is 2.06. The highest BCUT2D eigenvalue weighted by atomic mass is 16.5. The first-order valence-corrected chi connectivity index (χ1v) is 4.81. The third-order valence-electron chi connectivity index (χ3n) is 2.36. The van der Waals surface area contributed by atoms with Gasteiger partial charge in [-0.3, -0.25) is 0 Å². The maximum Gasteiger partial charge on any atom is 0.126 e. The van der Waals surface area contributed by atoms with E-state index in [-0.39, 0.29) is 0 Å². The van der Waals surface area contributed by atoms with Crippen LogP contribution in [0.2, 0.25) is 0 Å². The first-order chi connectivity index (χ1) is 7.33. The molecule has 2 rings (SSSR count). The highest BCUT2D eigenvalue weighted by Crippen LogP contribution is 2.32. The van der Waals surface area contributed by atoms with E-state index < -0.39 is 0 Å². The van der Waals surface area contributed by atoms with E-state index in [4.69, 9.17) is 10.5 Å². The maximum atomic E-state index is 5.92. The number of para-hydroxylation sites is 2. The van der Waals surface area contributed by atoms with E-state index in [0.29, 0.717) is 0 Å². The van der Waals surface area contributed by atoms with E-state index in [9.17, 15) is 0 Å². The van der Waals surface area contributed by atoms with Gasteiger partial charge in [-0.2, -0.15) is 0 Å². The lowest BCUT2D eigenvalue weighted by Crippen LogP contribution is -1.92. The Morgan fingerprint density at radius 2 is 1.47 bits per heavy atom. The average molecular weight is 199 g/mol. The molecular weight excluding hydrogens is 186 g/mol. The minimum atomic E-state index is 0.766. The van der Waals surface area contributed by atoms with Gasteiger partial charge in [0.05, 0.1) is 7.11 Å². The first-order valence-electron chi connectivity index (χ1n) is 4.81. The Bertz CT molecular complexity index is 466. The van der Waals surface area contributed by atoms with Crippen LogP contribution in [-0.4, -0.2) is 7.11 Å². The fraction of sp³-hybridized carbons (Fsp3) is 0.0769. The normalized spacial score (nSPS) is 9.93. The van der Waals surface area contributed by atoms with E-state index in [1.54, 1.807) is 7.11 Å². The van der Waals surface area contributed by atoms with Crippen LogP contribution >= 0.6 is 0 Å². The largest absolute Gasteiger partial charge is 0.496 e. The van der Waals surface area contributed by atoms with Crippen molar-refractivity contribution in [2.75, 3.05) is 12.8 Å². The molecule has 0 spiro atoms. The molecule has 0 aromatic heterocycles. The van der Waals surface area contributed by atoms with Crippen LogP contribution in [0.3, 0.4) is 0 Å². The molecule has 0 bridgehead atoms. The number of benzene rings is 2. The number of methoxy groups -OCH3 is 1. The molecule has 0 aliphatic heterocycles. The Morgan fingerprint density at radius 3 is 2.13 bits per heavy atom. The lowest BCUT2D eigenvalue weighted by Gasteiger charge is -2.09. The highest BCUT2D eigenvalue weighted by molar-refractivity contribution is 5.80. The molecule has 0 unspecified atom stereocenters. The summed E-state index contributed by atoms with van der Waals surface area (Å²) in [5, 5.41) is 0. The van der Waals surface area contributed by atoms with Crippen LogP contribution in [0, 0.1) is 0 Å². The lowest BCUT2D eigenvalue weighted by molar-refractivity contribution is 0.416. The van der Waals surface area contributed by atoms with Crippen molar-refractivity contribution in [2.45, 2.75) is 0 Å². The van der Waals surface area contributed by atoms with Gasteiger partial charge in [0.2, 0.25) is 0 Å².